The molecule has 74 valence electrons. The van der Waals surface area contributed by atoms with Crippen LogP contribution < -0.4 is 5.73 Å². The largest absolute Gasteiger partial charge is 0.398 e. The predicted molar refractivity (Wildman–Crippen MR) is 63.6 cm³/mol. The van der Waals surface area contributed by atoms with Crippen LogP contribution in [0.1, 0.15) is 5.56 Å². The number of nitrogens with zero attached hydrogens (tertiary/aromatic N) is 1. The van der Waals surface area contributed by atoms with Crippen LogP contribution in [0.15, 0.2) is 23.6 Å². The molecule has 2 rings (SSSR count). The van der Waals surface area contributed by atoms with Gasteiger partial charge < -0.3 is 10.6 Å². The highest BCUT2D eigenvalue weighted by atomic mass is 32.1. The summed E-state index contributed by atoms with van der Waals surface area (Å²) in [5.41, 5.74) is 8.15. The molecule has 0 aliphatic heterocycles. The molecule has 1 heterocycles. The number of fused-ring (bicyclic) bond motifs is 1. The lowest BCUT2D eigenvalue weighted by Gasteiger charge is -2.08. The smallest absolute Gasteiger partial charge is 0.0575 e. The maximum Gasteiger partial charge on any atom is 0.0575 e. The van der Waals surface area contributed by atoms with Crippen LogP contribution in [0.4, 0.5) is 5.69 Å². The van der Waals surface area contributed by atoms with Crippen molar-refractivity contribution in [2.45, 2.75) is 6.54 Å². The van der Waals surface area contributed by atoms with Crippen molar-refractivity contribution in [2.75, 3.05) is 19.8 Å². The number of hydrogen-bond donors (Lipinski definition) is 1. The summed E-state index contributed by atoms with van der Waals surface area (Å²) in [6, 6.07) is 6.11. The topological polar surface area (TPSA) is 29.3 Å². The molecule has 0 bridgehead atoms. The molecule has 2 nitrogen and oxygen atoms in total. The van der Waals surface area contributed by atoms with Gasteiger partial charge in [-0.3, -0.25) is 0 Å². The molecule has 0 radical (unpaired) electrons. The Hall–Kier alpha value is -1.06. The summed E-state index contributed by atoms with van der Waals surface area (Å²) in [5, 5.41) is 3.49. The molecule has 0 aliphatic rings. The second-order valence-corrected chi connectivity index (χ2v) is 4.60. The maximum atomic E-state index is 5.90. The van der Waals surface area contributed by atoms with Gasteiger partial charge in [-0.1, -0.05) is 12.1 Å². The third-order valence-corrected chi connectivity index (χ3v) is 3.29. The van der Waals surface area contributed by atoms with E-state index in [1.165, 1.54) is 15.6 Å². The van der Waals surface area contributed by atoms with E-state index < -0.39 is 0 Å². The zero-order chi connectivity index (χ0) is 10.1. The Morgan fingerprint density at radius 3 is 2.86 bits per heavy atom. The average Bonchev–Trinajstić information content (AvgIpc) is 2.49. The normalized spacial score (nSPS) is 11.4. The predicted octanol–water partition coefficient (Wildman–Crippen LogP) is 2.55. The Morgan fingerprint density at radius 2 is 2.14 bits per heavy atom. The van der Waals surface area contributed by atoms with Gasteiger partial charge in [0.05, 0.1) is 4.70 Å². The number of rotatable bonds is 2. The molecule has 0 saturated heterocycles. The van der Waals surface area contributed by atoms with Crippen LogP contribution in [0, 0.1) is 0 Å². The van der Waals surface area contributed by atoms with E-state index in [2.05, 4.69) is 30.4 Å². The summed E-state index contributed by atoms with van der Waals surface area (Å²) in [5.74, 6) is 0. The summed E-state index contributed by atoms with van der Waals surface area (Å²) < 4.78 is 1.21. The maximum absolute atomic E-state index is 5.90. The van der Waals surface area contributed by atoms with Crippen molar-refractivity contribution < 1.29 is 0 Å². The summed E-state index contributed by atoms with van der Waals surface area (Å²) in [6.07, 6.45) is 0. The van der Waals surface area contributed by atoms with Gasteiger partial charge in [-0.15, -0.1) is 11.3 Å². The Morgan fingerprint density at radius 1 is 1.36 bits per heavy atom. The van der Waals surface area contributed by atoms with E-state index in [4.69, 9.17) is 5.73 Å². The fourth-order valence-electron chi connectivity index (χ4n) is 1.60. The van der Waals surface area contributed by atoms with Crippen LogP contribution in [0.5, 0.6) is 0 Å². The van der Waals surface area contributed by atoms with E-state index in [9.17, 15) is 0 Å². The molecule has 3 heteroatoms. The molecular weight excluding hydrogens is 192 g/mol. The van der Waals surface area contributed by atoms with Gasteiger partial charge in [-0.25, -0.2) is 0 Å². The minimum atomic E-state index is 0.887. The first-order valence-electron chi connectivity index (χ1n) is 4.58. The number of nitrogen functional groups attached to an aromatic ring is 1. The number of nitrogens with two attached hydrogens (primary N) is 1. The minimum Gasteiger partial charge on any atom is -0.398 e. The highest BCUT2D eigenvalue weighted by molar-refractivity contribution is 7.18. The molecule has 0 saturated carbocycles. The quantitative estimate of drug-likeness (QED) is 0.765. The van der Waals surface area contributed by atoms with E-state index in [1.54, 1.807) is 11.3 Å². The van der Waals surface area contributed by atoms with E-state index >= 15 is 0 Å². The van der Waals surface area contributed by atoms with Gasteiger partial charge in [0.2, 0.25) is 0 Å². The lowest BCUT2D eigenvalue weighted by molar-refractivity contribution is 0.404. The van der Waals surface area contributed by atoms with Crippen molar-refractivity contribution in [2.24, 2.45) is 0 Å². The first-order chi connectivity index (χ1) is 6.68. The van der Waals surface area contributed by atoms with Gasteiger partial charge in [0, 0.05) is 12.2 Å². The Kier molecular flexibility index (Phi) is 2.44. The highest BCUT2D eigenvalue weighted by Crippen LogP contribution is 2.30. The van der Waals surface area contributed by atoms with Gasteiger partial charge in [-0.2, -0.15) is 0 Å². The van der Waals surface area contributed by atoms with Crippen LogP contribution in [0.2, 0.25) is 0 Å². The third-order valence-electron chi connectivity index (χ3n) is 2.20. The lowest BCUT2D eigenvalue weighted by Crippen LogP contribution is -2.09. The van der Waals surface area contributed by atoms with Crippen molar-refractivity contribution in [1.29, 1.82) is 0 Å². The van der Waals surface area contributed by atoms with Crippen molar-refractivity contribution in [3.05, 3.63) is 29.1 Å². The molecule has 14 heavy (non-hydrogen) atoms. The van der Waals surface area contributed by atoms with Crippen molar-refractivity contribution in [3.63, 3.8) is 0 Å². The Bertz CT molecular complexity index is 445. The number of hydrogen-bond acceptors (Lipinski definition) is 3. The summed E-state index contributed by atoms with van der Waals surface area (Å²) >= 11 is 1.73. The average molecular weight is 206 g/mol. The number of anilines is 1. The molecule has 1 aromatic heterocycles. The molecule has 0 unspecified atom stereocenters. The molecule has 0 fully saturated rings. The van der Waals surface area contributed by atoms with Gasteiger partial charge in [0.1, 0.15) is 0 Å². The van der Waals surface area contributed by atoms with Crippen LogP contribution in [0.3, 0.4) is 0 Å². The first-order valence-corrected chi connectivity index (χ1v) is 5.46. The van der Waals surface area contributed by atoms with Crippen molar-refractivity contribution >= 4 is 27.1 Å². The first kappa shape index (κ1) is 9.49. The van der Waals surface area contributed by atoms with E-state index in [0.29, 0.717) is 0 Å². The summed E-state index contributed by atoms with van der Waals surface area (Å²) in [7, 11) is 4.16. The Balaban J connectivity index is 2.52. The summed E-state index contributed by atoms with van der Waals surface area (Å²) in [6.45, 7) is 0.976. The molecule has 0 atom stereocenters. The van der Waals surface area contributed by atoms with Gasteiger partial charge in [0.15, 0.2) is 0 Å². The van der Waals surface area contributed by atoms with Crippen LogP contribution in [0.25, 0.3) is 10.1 Å². The van der Waals surface area contributed by atoms with Crippen LogP contribution in [-0.4, -0.2) is 19.0 Å². The van der Waals surface area contributed by atoms with Crippen LogP contribution >= 0.6 is 11.3 Å². The molecule has 0 amide bonds. The molecule has 2 aromatic rings. The standard InChI is InChI=1S/C11H14N2S/c1-13(2)6-8-7-14-11-9(8)4-3-5-10(11)12/h3-5,7H,6,12H2,1-2H3. The van der Waals surface area contributed by atoms with Gasteiger partial charge in [0.25, 0.3) is 0 Å². The highest BCUT2D eigenvalue weighted by Gasteiger charge is 2.06. The fraction of sp³-hybridized carbons (Fsp3) is 0.273. The number of thiophene rings is 1. The van der Waals surface area contributed by atoms with E-state index in [-0.39, 0.29) is 0 Å². The lowest BCUT2D eigenvalue weighted by atomic mass is 10.1. The fourth-order valence-corrected chi connectivity index (χ4v) is 2.59. The number of benzene rings is 1. The second kappa shape index (κ2) is 3.59. The molecule has 1 aromatic carbocycles. The van der Waals surface area contributed by atoms with Gasteiger partial charge >= 0.3 is 0 Å². The molecule has 2 N–H and O–H groups in total. The zero-order valence-electron chi connectivity index (χ0n) is 8.45. The minimum absolute atomic E-state index is 0.887. The Labute approximate surface area is 87.9 Å². The monoisotopic (exact) mass is 206 g/mol. The third kappa shape index (κ3) is 1.61. The van der Waals surface area contributed by atoms with E-state index in [1.807, 2.05) is 12.1 Å². The second-order valence-electron chi connectivity index (χ2n) is 3.72. The van der Waals surface area contributed by atoms with Crippen molar-refractivity contribution in [3.8, 4) is 0 Å². The van der Waals surface area contributed by atoms with Crippen molar-refractivity contribution in [1.82, 2.24) is 4.90 Å². The molecular formula is C11H14N2S. The molecule has 0 spiro atoms. The summed E-state index contributed by atoms with van der Waals surface area (Å²) in [4.78, 5) is 2.17. The SMILES string of the molecule is CN(C)Cc1csc2c(N)cccc12. The van der Waals surface area contributed by atoms with Gasteiger partial charge in [-0.05, 0) is 36.5 Å². The zero-order valence-corrected chi connectivity index (χ0v) is 9.27. The van der Waals surface area contributed by atoms with Crippen LogP contribution in [-0.2, 0) is 6.54 Å². The molecule has 0 aliphatic carbocycles. The van der Waals surface area contributed by atoms with E-state index in [0.717, 1.165) is 12.2 Å².